The van der Waals surface area contributed by atoms with Crippen molar-refractivity contribution in [1.29, 1.82) is 0 Å². The minimum Gasteiger partial charge on any atom is -0.355 e. The standard InChI is InChI=1S/C17H26N2OS/c1-14-5-7-15(8-6-14)21-17(10-3-4-11-17)13-19-16(20)9-12-18-2/h5-8,18H,3-4,9-13H2,1-2H3,(H,19,20). The molecule has 1 aromatic rings. The summed E-state index contributed by atoms with van der Waals surface area (Å²) >= 11 is 1.94. The van der Waals surface area contributed by atoms with Gasteiger partial charge in [-0.1, -0.05) is 30.5 Å². The predicted octanol–water partition coefficient (Wildman–Crippen LogP) is 3.13. The Morgan fingerprint density at radius 1 is 1.24 bits per heavy atom. The van der Waals surface area contributed by atoms with Gasteiger partial charge in [0, 0.05) is 29.2 Å². The van der Waals surface area contributed by atoms with Crippen molar-refractivity contribution in [1.82, 2.24) is 10.6 Å². The normalized spacial score (nSPS) is 16.9. The third-order valence-corrected chi connectivity index (χ3v) is 5.57. The minimum absolute atomic E-state index is 0.153. The summed E-state index contributed by atoms with van der Waals surface area (Å²) in [6.45, 7) is 3.64. The highest BCUT2D eigenvalue weighted by Gasteiger charge is 2.35. The van der Waals surface area contributed by atoms with Gasteiger partial charge in [0.15, 0.2) is 0 Å². The van der Waals surface area contributed by atoms with Gasteiger partial charge in [-0.15, -0.1) is 11.8 Å². The summed E-state index contributed by atoms with van der Waals surface area (Å²) in [5.41, 5.74) is 1.29. The summed E-state index contributed by atoms with van der Waals surface area (Å²) in [7, 11) is 1.87. The second-order valence-corrected chi connectivity index (χ2v) is 7.48. The number of thioether (sulfide) groups is 1. The van der Waals surface area contributed by atoms with E-state index in [4.69, 9.17) is 0 Å². The molecule has 3 nitrogen and oxygen atoms in total. The molecule has 1 fully saturated rings. The summed E-state index contributed by atoms with van der Waals surface area (Å²) in [4.78, 5) is 13.1. The van der Waals surface area contributed by atoms with Crippen molar-refractivity contribution in [3.8, 4) is 0 Å². The molecule has 0 saturated heterocycles. The van der Waals surface area contributed by atoms with Gasteiger partial charge in [0.05, 0.1) is 0 Å². The molecule has 0 bridgehead atoms. The van der Waals surface area contributed by atoms with Gasteiger partial charge in [-0.2, -0.15) is 0 Å². The van der Waals surface area contributed by atoms with E-state index in [1.807, 2.05) is 18.8 Å². The number of carbonyl (C=O) groups is 1. The molecule has 21 heavy (non-hydrogen) atoms. The highest BCUT2D eigenvalue weighted by atomic mass is 32.2. The number of aryl methyl sites for hydroxylation is 1. The van der Waals surface area contributed by atoms with Crippen molar-refractivity contribution in [3.63, 3.8) is 0 Å². The number of nitrogens with one attached hydrogen (secondary N) is 2. The lowest BCUT2D eigenvalue weighted by molar-refractivity contribution is -0.121. The van der Waals surface area contributed by atoms with Gasteiger partial charge in [-0.3, -0.25) is 4.79 Å². The van der Waals surface area contributed by atoms with Crippen LogP contribution in [-0.4, -0.2) is 30.8 Å². The first-order valence-corrected chi connectivity index (χ1v) is 8.62. The lowest BCUT2D eigenvalue weighted by Crippen LogP contribution is -2.39. The largest absolute Gasteiger partial charge is 0.355 e. The van der Waals surface area contributed by atoms with Crippen LogP contribution < -0.4 is 10.6 Å². The number of amides is 1. The van der Waals surface area contributed by atoms with E-state index >= 15 is 0 Å². The number of benzene rings is 1. The maximum absolute atomic E-state index is 11.8. The molecule has 0 aromatic heterocycles. The zero-order chi connectivity index (χ0) is 15.1. The quantitative estimate of drug-likeness (QED) is 0.813. The van der Waals surface area contributed by atoms with Crippen LogP contribution >= 0.6 is 11.8 Å². The molecule has 4 heteroatoms. The van der Waals surface area contributed by atoms with Gasteiger partial charge in [0.25, 0.3) is 0 Å². The smallest absolute Gasteiger partial charge is 0.221 e. The topological polar surface area (TPSA) is 41.1 Å². The minimum atomic E-state index is 0.153. The summed E-state index contributed by atoms with van der Waals surface area (Å²) < 4.78 is 0.185. The van der Waals surface area contributed by atoms with E-state index in [-0.39, 0.29) is 10.7 Å². The first-order valence-electron chi connectivity index (χ1n) is 7.81. The maximum Gasteiger partial charge on any atom is 0.221 e. The Morgan fingerprint density at radius 2 is 1.90 bits per heavy atom. The van der Waals surface area contributed by atoms with E-state index in [1.165, 1.54) is 36.1 Å². The van der Waals surface area contributed by atoms with Crippen molar-refractivity contribution in [3.05, 3.63) is 29.8 Å². The number of rotatable bonds is 7. The second-order valence-electron chi connectivity index (χ2n) is 5.94. The van der Waals surface area contributed by atoms with E-state index in [0.717, 1.165) is 13.1 Å². The Balaban J connectivity index is 1.93. The Kier molecular flexibility index (Phi) is 6.12. The monoisotopic (exact) mass is 306 g/mol. The predicted molar refractivity (Wildman–Crippen MR) is 89.8 cm³/mol. The first kappa shape index (κ1) is 16.4. The van der Waals surface area contributed by atoms with E-state index in [1.54, 1.807) is 0 Å². The molecule has 116 valence electrons. The van der Waals surface area contributed by atoms with Crippen molar-refractivity contribution >= 4 is 17.7 Å². The summed E-state index contributed by atoms with van der Waals surface area (Å²) in [5, 5.41) is 6.15. The first-order chi connectivity index (χ1) is 10.1. The Morgan fingerprint density at radius 3 is 2.52 bits per heavy atom. The molecule has 0 spiro atoms. The highest BCUT2D eigenvalue weighted by molar-refractivity contribution is 8.00. The van der Waals surface area contributed by atoms with Gasteiger partial charge < -0.3 is 10.6 Å². The summed E-state index contributed by atoms with van der Waals surface area (Å²) in [6.07, 6.45) is 5.48. The molecule has 0 aliphatic heterocycles. The number of hydrogen-bond donors (Lipinski definition) is 2. The van der Waals surface area contributed by atoms with Crippen LogP contribution in [0.5, 0.6) is 0 Å². The molecule has 1 aromatic carbocycles. The molecule has 0 unspecified atom stereocenters. The molecule has 0 radical (unpaired) electrons. The van der Waals surface area contributed by atoms with Crippen LogP contribution in [0.25, 0.3) is 0 Å². The molecule has 1 aliphatic rings. The fourth-order valence-corrected chi connectivity index (χ4v) is 4.19. The van der Waals surface area contributed by atoms with E-state index in [9.17, 15) is 4.79 Å². The fourth-order valence-electron chi connectivity index (χ4n) is 2.78. The molecule has 1 aliphatic carbocycles. The molecule has 1 saturated carbocycles. The van der Waals surface area contributed by atoms with Crippen LogP contribution in [0.4, 0.5) is 0 Å². The summed E-state index contributed by atoms with van der Waals surface area (Å²) in [6, 6.07) is 8.72. The zero-order valence-corrected chi connectivity index (χ0v) is 13.9. The maximum atomic E-state index is 11.8. The second kappa shape index (κ2) is 7.85. The lowest BCUT2D eigenvalue weighted by Gasteiger charge is -2.28. The van der Waals surface area contributed by atoms with Crippen LogP contribution in [0.3, 0.4) is 0 Å². The van der Waals surface area contributed by atoms with Crippen LogP contribution in [-0.2, 0) is 4.79 Å². The van der Waals surface area contributed by atoms with Gasteiger partial charge in [0.2, 0.25) is 5.91 Å². The van der Waals surface area contributed by atoms with Crippen molar-refractivity contribution in [2.45, 2.75) is 48.7 Å². The SMILES string of the molecule is CNCCC(=O)NCC1(Sc2ccc(C)cc2)CCCC1. The van der Waals surface area contributed by atoms with Gasteiger partial charge >= 0.3 is 0 Å². The molecular formula is C17H26N2OS. The van der Waals surface area contributed by atoms with Crippen LogP contribution in [0, 0.1) is 6.92 Å². The van der Waals surface area contributed by atoms with E-state index in [0.29, 0.717) is 6.42 Å². The van der Waals surface area contributed by atoms with E-state index in [2.05, 4.69) is 41.8 Å². The third-order valence-electron chi connectivity index (χ3n) is 4.08. The molecule has 1 amide bonds. The van der Waals surface area contributed by atoms with Crippen molar-refractivity contribution < 1.29 is 4.79 Å². The molecule has 0 atom stereocenters. The van der Waals surface area contributed by atoms with Crippen LogP contribution in [0.1, 0.15) is 37.7 Å². The fraction of sp³-hybridized carbons (Fsp3) is 0.588. The zero-order valence-electron chi connectivity index (χ0n) is 13.1. The van der Waals surface area contributed by atoms with Crippen LogP contribution in [0.15, 0.2) is 29.2 Å². The molecule has 0 heterocycles. The Hall–Kier alpha value is -1.00. The van der Waals surface area contributed by atoms with Gasteiger partial charge in [-0.25, -0.2) is 0 Å². The van der Waals surface area contributed by atoms with Gasteiger partial charge in [-0.05, 0) is 38.9 Å². The van der Waals surface area contributed by atoms with Crippen LogP contribution in [0.2, 0.25) is 0 Å². The highest BCUT2D eigenvalue weighted by Crippen LogP contribution is 2.44. The molecule has 2 N–H and O–H groups in total. The Bertz CT molecular complexity index is 452. The van der Waals surface area contributed by atoms with Crippen molar-refractivity contribution in [2.24, 2.45) is 0 Å². The molecular weight excluding hydrogens is 280 g/mol. The lowest BCUT2D eigenvalue weighted by atomic mass is 10.1. The number of carbonyl (C=O) groups excluding carboxylic acids is 1. The molecule has 2 rings (SSSR count). The number of hydrogen-bond acceptors (Lipinski definition) is 3. The Labute approximate surface area is 132 Å². The summed E-state index contributed by atoms with van der Waals surface area (Å²) in [5.74, 6) is 0.153. The van der Waals surface area contributed by atoms with Gasteiger partial charge in [0.1, 0.15) is 0 Å². The van der Waals surface area contributed by atoms with E-state index < -0.39 is 0 Å². The average Bonchev–Trinajstić information content (AvgIpc) is 2.94. The van der Waals surface area contributed by atoms with Crippen molar-refractivity contribution in [2.75, 3.05) is 20.1 Å². The third kappa shape index (κ3) is 5.04. The average molecular weight is 306 g/mol.